The van der Waals surface area contributed by atoms with Gasteiger partial charge in [-0.3, -0.25) is 9.78 Å². The standard InChI is InChI=1S/C23H20N4O2/c1-2-29-19-10-8-18(9-11-19)26-21-15-17(12-14-24-21)23(28)27-20-7-3-5-16-6-4-13-25-22(16)20/h3-15H,2H2,1H3,(H,24,26)(H,27,28). The molecule has 2 aromatic heterocycles. The Labute approximate surface area is 168 Å². The summed E-state index contributed by atoms with van der Waals surface area (Å²) in [7, 11) is 0. The monoisotopic (exact) mass is 384 g/mol. The minimum atomic E-state index is -0.222. The maximum Gasteiger partial charge on any atom is 0.255 e. The zero-order valence-corrected chi connectivity index (χ0v) is 15.9. The van der Waals surface area contributed by atoms with Crippen LogP contribution >= 0.6 is 0 Å². The highest BCUT2D eigenvalue weighted by Crippen LogP contribution is 2.22. The molecule has 4 aromatic rings. The van der Waals surface area contributed by atoms with E-state index in [2.05, 4.69) is 20.6 Å². The van der Waals surface area contributed by atoms with Crippen molar-refractivity contribution >= 4 is 34.0 Å². The van der Waals surface area contributed by atoms with Gasteiger partial charge in [-0.15, -0.1) is 0 Å². The van der Waals surface area contributed by atoms with Gasteiger partial charge < -0.3 is 15.4 Å². The Hall–Kier alpha value is -3.93. The number of hydrogen-bond acceptors (Lipinski definition) is 5. The molecule has 0 atom stereocenters. The summed E-state index contributed by atoms with van der Waals surface area (Å²) in [5.74, 6) is 1.17. The number of nitrogens with zero attached hydrogens (tertiary/aromatic N) is 2. The average molecular weight is 384 g/mol. The van der Waals surface area contributed by atoms with Gasteiger partial charge in [-0.25, -0.2) is 4.98 Å². The highest BCUT2D eigenvalue weighted by Gasteiger charge is 2.10. The van der Waals surface area contributed by atoms with Gasteiger partial charge in [0.15, 0.2) is 0 Å². The van der Waals surface area contributed by atoms with Crippen molar-refractivity contribution in [3.63, 3.8) is 0 Å². The molecule has 0 aliphatic carbocycles. The molecule has 4 rings (SSSR count). The normalized spacial score (nSPS) is 10.5. The number of anilines is 3. The lowest BCUT2D eigenvalue weighted by molar-refractivity contribution is 0.102. The van der Waals surface area contributed by atoms with Crippen LogP contribution in [0.2, 0.25) is 0 Å². The van der Waals surface area contributed by atoms with Crippen molar-refractivity contribution in [3.8, 4) is 5.75 Å². The van der Waals surface area contributed by atoms with Gasteiger partial charge in [0.2, 0.25) is 0 Å². The van der Waals surface area contributed by atoms with Crippen molar-refractivity contribution in [2.75, 3.05) is 17.2 Å². The Morgan fingerprint density at radius 1 is 0.966 bits per heavy atom. The number of para-hydroxylation sites is 1. The van der Waals surface area contributed by atoms with Gasteiger partial charge in [0, 0.05) is 29.0 Å². The number of fused-ring (bicyclic) bond motifs is 1. The first-order chi connectivity index (χ1) is 14.2. The second kappa shape index (κ2) is 8.39. The molecule has 2 N–H and O–H groups in total. The Kier molecular flexibility index (Phi) is 5.33. The van der Waals surface area contributed by atoms with Gasteiger partial charge in [-0.2, -0.15) is 0 Å². The lowest BCUT2D eigenvalue weighted by Gasteiger charge is -2.10. The van der Waals surface area contributed by atoms with E-state index in [0.29, 0.717) is 23.7 Å². The first-order valence-electron chi connectivity index (χ1n) is 9.34. The van der Waals surface area contributed by atoms with Crippen LogP contribution < -0.4 is 15.4 Å². The minimum Gasteiger partial charge on any atom is -0.494 e. The van der Waals surface area contributed by atoms with E-state index < -0.39 is 0 Å². The Morgan fingerprint density at radius 2 is 1.79 bits per heavy atom. The molecule has 6 heteroatoms. The van der Waals surface area contributed by atoms with Crippen molar-refractivity contribution in [1.82, 2.24) is 9.97 Å². The number of rotatable bonds is 6. The van der Waals surface area contributed by atoms with Crippen molar-refractivity contribution in [1.29, 1.82) is 0 Å². The predicted molar refractivity (Wildman–Crippen MR) is 115 cm³/mol. The predicted octanol–water partition coefficient (Wildman–Crippen LogP) is 5.02. The summed E-state index contributed by atoms with van der Waals surface area (Å²) in [4.78, 5) is 21.4. The fourth-order valence-electron chi connectivity index (χ4n) is 2.99. The van der Waals surface area contributed by atoms with Gasteiger partial charge in [0.25, 0.3) is 5.91 Å². The van der Waals surface area contributed by atoms with Crippen molar-refractivity contribution in [3.05, 3.63) is 84.7 Å². The topological polar surface area (TPSA) is 76.1 Å². The molecule has 0 unspecified atom stereocenters. The molecule has 0 aliphatic rings. The number of benzene rings is 2. The quantitative estimate of drug-likeness (QED) is 0.488. The molecule has 0 aliphatic heterocycles. The molecule has 2 heterocycles. The van der Waals surface area contributed by atoms with E-state index in [9.17, 15) is 4.79 Å². The van der Waals surface area contributed by atoms with E-state index >= 15 is 0 Å². The number of hydrogen-bond donors (Lipinski definition) is 2. The van der Waals surface area contributed by atoms with E-state index in [0.717, 1.165) is 22.3 Å². The molecule has 6 nitrogen and oxygen atoms in total. The average Bonchev–Trinajstić information content (AvgIpc) is 2.76. The molecule has 0 bridgehead atoms. The molecule has 0 saturated carbocycles. The lowest BCUT2D eigenvalue weighted by atomic mass is 10.1. The van der Waals surface area contributed by atoms with Crippen LogP contribution in [0, 0.1) is 0 Å². The first kappa shape index (κ1) is 18.4. The summed E-state index contributed by atoms with van der Waals surface area (Å²) < 4.78 is 5.45. The number of amides is 1. The molecule has 0 radical (unpaired) electrons. The lowest BCUT2D eigenvalue weighted by Crippen LogP contribution is -2.13. The Balaban J connectivity index is 1.51. The number of ether oxygens (including phenoxy) is 1. The Morgan fingerprint density at radius 3 is 2.62 bits per heavy atom. The highest BCUT2D eigenvalue weighted by atomic mass is 16.5. The summed E-state index contributed by atoms with van der Waals surface area (Å²) >= 11 is 0. The van der Waals surface area contributed by atoms with Gasteiger partial charge in [0.05, 0.1) is 17.8 Å². The van der Waals surface area contributed by atoms with Crippen molar-refractivity contribution in [2.45, 2.75) is 6.92 Å². The molecule has 2 aromatic carbocycles. The molecular formula is C23H20N4O2. The third kappa shape index (κ3) is 4.32. The molecular weight excluding hydrogens is 364 g/mol. The summed E-state index contributed by atoms with van der Waals surface area (Å²) in [6.07, 6.45) is 3.32. The highest BCUT2D eigenvalue weighted by molar-refractivity contribution is 6.08. The van der Waals surface area contributed by atoms with E-state index in [4.69, 9.17) is 4.74 Å². The fourth-order valence-corrected chi connectivity index (χ4v) is 2.99. The molecule has 1 amide bonds. The van der Waals surface area contributed by atoms with Crippen LogP contribution in [-0.2, 0) is 0 Å². The van der Waals surface area contributed by atoms with Crippen molar-refractivity contribution in [2.24, 2.45) is 0 Å². The van der Waals surface area contributed by atoms with Gasteiger partial charge in [-0.05, 0) is 55.5 Å². The maximum absolute atomic E-state index is 12.8. The number of aromatic nitrogens is 2. The van der Waals surface area contributed by atoms with Crippen LogP contribution in [0.25, 0.3) is 10.9 Å². The second-order valence-corrected chi connectivity index (χ2v) is 6.35. The van der Waals surface area contributed by atoms with Crippen LogP contribution in [0.3, 0.4) is 0 Å². The largest absolute Gasteiger partial charge is 0.494 e. The summed E-state index contributed by atoms with van der Waals surface area (Å²) in [6, 6.07) is 20.5. The third-order valence-corrected chi connectivity index (χ3v) is 4.34. The second-order valence-electron chi connectivity index (χ2n) is 6.35. The van der Waals surface area contributed by atoms with Gasteiger partial charge in [-0.1, -0.05) is 18.2 Å². The molecule has 0 saturated heterocycles. The van der Waals surface area contributed by atoms with Crippen molar-refractivity contribution < 1.29 is 9.53 Å². The summed E-state index contributed by atoms with van der Waals surface area (Å²) in [5.41, 5.74) is 2.79. The minimum absolute atomic E-state index is 0.222. The molecule has 0 fully saturated rings. The Bertz CT molecular complexity index is 1140. The van der Waals surface area contributed by atoms with Crippen LogP contribution in [-0.4, -0.2) is 22.5 Å². The fraction of sp³-hybridized carbons (Fsp3) is 0.0870. The maximum atomic E-state index is 12.8. The first-order valence-corrected chi connectivity index (χ1v) is 9.34. The molecule has 144 valence electrons. The smallest absolute Gasteiger partial charge is 0.255 e. The zero-order valence-electron chi connectivity index (χ0n) is 15.9. The van der Waals surface area contributed by atoms with Crippen LogP contribution in [0.1, 0.15) is 17.3 Å². The van der Waals surface area contributed by atoms with Gasteiger partial charge in [0.1, 0.15) is 11.6 Å². The molecule has 0 spiro atoms. The SMILES string of the molecule is CCOc1ccc(Nc2cc(C(=O)Nc3cccc4cccnc34)ccn2)cc1. The third-order valence-electron chi connectivity index (χ3n) is 4.34. The van der Waals surface area contributed by atoms with Crippen LogP contribution in [0.5, 0.6) is 5.75 Å². The summed E-state index contributed by atoms with van der Waals surface area (Å²) in [5, 5.41) is 7.11. The summed E-state index contributed by atoms with van der Waals surface area (Å²) in [6.45, 7) is 2.57. The van der Waals surface area contributed by atoms with E-state index in [-0.39, 0.29) is 5.91 Å². The van der Waals surface area contributed by atoms with E-state index in [1.54, 1.807) is 24.5 Å². The number of pyridine rings is 2. The van der Waals surface area contributed by atoms with Gasteiger partial charge >= 0.3 is 0 Å². The van der Waals surface area contributed by atoms with Crippen LogP contribution in [0.15, 0.2) is 79.1 Å². The number of carbonyl (C=O) groups excluding carboxylic acids is 1. The number of carbonyl (C=O) groups is 1. The van der Waals surface area contributed by atoms with Crippen LogP contribution in [0.4, 0.5) is 17.2 Å². The van der Waals surface area contributed by atoms with E-state index in [1.807, 2.05) is 61.5 Å². The molecule has 29 heavy (non-hydrogen) atoms. The number of nitrogens with one attached hydrogen (secondary N) is 2. The zero-order chi connectivity index (χ0) is 20.1. The van der Waals surface area contributed by atoms with E-state index in [1.165, 1.54) is 0 Å².